The van der Waals surface area contributed by atoms with Crippen LogP contribution in [0, 0.1) is 0 Å². The first-order valence-corrected chi connectivity index (χ1v) is 10.7. The highest BCUT2D eigenvalue weighted by Crippen LogP contribution is 2.30. The number of piperidine rings is 2. The van der Waals surface area contributed by atoms with Crippen LogP contribution in [-0.2, 0) is 11.3 Å². The first kappa shape index (κ1) is 19.8. The van der Waals surface area contributed by atoms with Crippen molar-refractivity contribution < 1.29 is 14.3 Å². The summed E-state index contributed by atoms with van der Waals surface area (Å²) in [5.74, 6) is 1.45. The smallest absolute Gasteiger partial charge is 0.410 e. The maximum Gasteiger partial charge on any atom is 0.410 e. The van der Waals surface area contributed by atoms with Gasteiger partial charge in [0, 0.05) is 13.1 Å². The van der Waals surface area contributed by atoms with Crippen LogP contribution >= 0.6 is 0 Å². The second kappa shape index (κ2) is 9.79. The summed E-state index contributed by atoms with van der Waals surface area (Å²) in [7, 11) is 0. The minimum absolute atomic E-state index is 0.210. The number of nitrogens with zero attached hydrogens (tertiary/aromatic N) is 1. The molecule has 2 fully saturated rings. The lowest BCUT2D eigenvalue weighted by molar-refractivity contribution is 0.0870. The predicted octanol–water partition coefficient (Wildman–Crippen LogP) is 4.33. The average Bonchev–Trinajstić information content (AvgIpc) is 2.79. The van der Waals surface area contributed by atoms with Crippen LogP contribution < -0.4 is 10.1 Å². The maximum absolute atomic E-state index is 12.3. The Hall–Kier alpha value is -2.53. The second-order valence-electron chi connectivity index (χ2n) is 7.94. The fourth-order valence-electron chi connectivity index (χ4n) is 4.13. The van der Waals surface area contributed by atoms with E-state index in [0.717, 1.165) is 63.2 Å². The van der Waals surface area contributed by atoms with Crippen molar-refractivity contribution in [2.24, 2.45) is 0 Å². The van der Waals surface area contributed by atoms with E-state index in [4.69, 9.17) is 9.47 Å². The zero-order valence-corrected chi connectivity index (χ0v) is 16.9. The van der Waals surface area contributed by atoms with Gasteiger partial charge in [-0.1, -0.05) is 42.5 Å². The standard InChI is InChI=1S/C24H30N2O3/c27-24(28-18-19-4-2-1-3-5-19)26-16-12-21(13-17-26)20-6-8-22(9-7-20)29-23-10-14-25-15-11-23/h1-9,21,23,25H,10-18H2. The molecule has 1 amide bonds. The Morgan fingerprint density at radius 2 is 1.62 bits per heavy atom. The molecule has 29 heavy (non-hydrogen) atoms. The van der Waals surface area contributed by atoms with E-state index in [2.05, 4.69) is 29.6 Å². The summed E-state index contributed by atoms with van der Waals surface area (Å²) in [4.78, 5) is 14.2. The molecule has 0 radical (unpaired) electrons. The van der Waals surface area contributed by atoms with E-state index < -0.39 is 0 Å². The Bertz CT molecular complexity index is 764. The Kier molecular flexibility index (Phi) is 6.67. The highest BCUT2D eigenvalue weighted by Gasteiger charge is 2.25. The SMILES string of the molecule is O=C(OCc1ccccc1)N1CCC(c2ccc(OC3CCNCC3)cc2)CC1. The molecule has 154 valence electrons. The van der Waals surface area contributed by atoms with Crippen LogP contribution in [0.4, 0.5) is 4.79 Å². The second-order valence-corrected chi connectivity index (χ2v) is 7.94. The van der Waals surface area contributed by atoms with Gasteiger partial charge in [-0.3, -0.25) is 0 Å². The van der Waals surface area contributed by atoms with Gasteiger partial charge in [0.2, 0.25) is 0 Å². The summed E-state index contributed by atoms with van der Waals surface area (Å²) in [6, 6.07) is 18.4. The molecule has 1 N–H and O–H groups in total. The van der Waals surface area contributed by atoms with Gasteiger partial charge < -0.3 is 19.7 Å². The fraction of sp³-hybridized carbons (Fsp3) is 0.458. The molecule has 2 aliphatic rings. The number of hydrogen-bond donors (Lipinski definition) is 1. The van der Waals surface area contributed by atoms with Crippen LogP contribution in [0.2, 0.25) is 0 Å². The summed E-state index contributed by atoms with van der Waals surface area (Å²) in [6.07, 6.45) is 4.19. The van der Waals surface area contributed by atoms with Crippen LogP contribution in [0.15, 0.2) is 54.6 Å². The quantitative estimate of drug-likeness (QED) is 0.820. The third kappa shape index (κ3) is 5.51. The lowest BCUT2D eigenvalue weighted by atomic mass is 9.89. The molecule has 0 aliphatic carbocycles. The van der Waals surface area contributed by atoms with Crippen molar-refractivity contribution in [3.05, 3.63) is 65.7 Å². The van der Waals surface area contributed by atoms with E-state index in [0.29, 0.717) is 18.6 Å². The summed E-state index contributed by atoms with van der Waals surface area (Å²) in [6.45, 7) is 3.89. The van der Waals surface area contributed by atoms with Gasteiger partial charge in [0.15, 0.2) is 0 Å². The molecule has 5 heteroatoms. The monoisotopic (exact) mass is 394 g/mol. The number of nitrogens with one attached hydrogen (secondary N) is 1. The van der Waals surface area contributed by atoms with Crippen molar-refractivity contribution in [2.75, 3.05) is 26.2 Å². The van der Waals surface area contributed by atoms with E-state index in [1.807, 2.05) is 35.2 Å². The van der Waals surface area contributed by atoms with Crippen molar-refractivity contribution in [3.63, 3.8) is 0 Å². The minimum atomic E-state index is -0.210. The third-order valence-corrected chi connectivity index (χ3v) is 5.90. The fourth-order valence-corrected chi connectivity index (χ4v) is 4.13. The molecule has 0 spiro atoms. The summed E-state index contributed by atoms with van der Waals surface area (Å²) < 4.78 is 11.6. The summed E-state index contributed by atoms with van der Waals surface area (Å²) >= 11 is 0. The number of rotatable bonds is 5. The molecule has 0 saturated carbocycles. The molecule has 2 aromatic rings. The number of ether oxygens (including phenoxy) is 2. The van der Waals surface area contributed by atoms with Gasteiger partial charge in [-0.2, -0.15) is 0 Å². The molecule has 2 saturated heterocycles. The van der Waals surface area contributed by atoms with Crippen LogP contribution in [0.3, 0.4) is 0 Å². The lowest BCUT2D eigenvalue weighted by Gasteiger charge is -2.31. The molecule has 2 heterocycles. The molecule has 2 aromatic carbocycles. The van der Waals surface area contributed by atoms with Crippen LogP contribution in [0.1, 0.15) is 42.7 Å². The van der Waals surface area contributed by atoms with Gasteiger partial charge >= 0.3 is 6.09 Å². The zero-order valence-electron chi connectivity index (χ0n) is 16.9. The zero-order chi connectivity index (χ0) is 19.9. The van der Waals surface area contributed by atoms with Crippen LogP contribution in [0.25, 0.3) is 0 Å². The summed E-state index contributed by atoms with van der Waals surface area (Å²) in [5.41, 5.74) is 2.35. The van der Waals surface area contributed by atoms with E-state index in [1.54, 1.807) is 0 Å². The predicted molar refractivity (Wildman–Crippen MR) is 113 cm³/mol. The first-order chi connectivity index (χ1) is 14.3. The van der Waals surface area contributed by atoms with E-state index >= 15 is 0 Å². The number of hydrogen-bond acceptors (Lipinski definition) is 4. The molecule has 2 aliphatic heterocycles. The van der Waals surface area contributed by atoms with Crippen molar-refractivity contribution in [1.29, 1.82) is 0 Å². The largest absolute Gasteiger partial charge is 0.490 e. The highest BCUT2D eigenvalue weighted by molar-refractivity contribution is 5.67. The Morgan fingerprint density at radius 1 is 0.931 bits per heavy atom. The molecule has 0 unspecified atom stereocenters. The Labute approximate surface area is 173 Å². The lowest BCUT2D eigenvalue weighted by Crippen LogP contribution is -2.38. The van der Waals surface area contributed by atoms with E-state index in [9.17, 15) is 4.79 Å². The van der Waals surface area contributed by atoms with Gasteiger partial charge in [0.05, 0.1) is 0 Å². The van der Waals surface area contributed by atoms with Gasteiger partial charge in [0.25, 0.3) is 0 Å². The molecule has 0 bridgehead atoms. The van der Waals surface area contributed by atoms with Gasteiger partial charge in [-0.05, 0) is 68.0 Å². The van der Waals surface area contributed by atoms with Crippen molar-refractivity contribution in [1.82, 2.24) is 10.2 Å². The molecule has 0 atom stereocenters. The third-order valence-electron chi connectivity index (χ3n) is 5.90. The maximum atomic E-state index is 12.3. The van der Waals surface area contributed by atoms with E-state index in [1.165, 1.54) is 5.56 Å². The topological polar surface area (TPSA) is 50.8 Å². The van der Waals surface area contributed by atoms with E-state index in [-0.39, 0.29) is 6.09 Å². The van der Waals surface area contributed by atoms with Crippen molar-refractivity contribution in [3.8, 4) is 5.75 Å². The molecular formula is C24H30N2O3. The number of carbonyl (C=O) groups is 1. The summed E-state index contributed by atoms with van der Waals surface area (Å²) in [5, 5.41) is 3.36. The van der Waals surface area contributed by atoms with Gasteiger partial charge in [-0.15, -0.1) is 0 Å². The Balaban J connectivity index is 1.23. The Morgan fingerprint density at radius 3 is 2.31 bits per heavy atom. The molecule has 0 aromatic heterocycles. The van der Waals surface area contributed by atoms with Gasteiger partial charge in [0.1, 0.15) is 18.5 Å². The van der Waals surface area contributed by atoms with Crippen LogP contribution in [0.5, 0.6) is 5.75 Å². The van der Waals surface area contributed by atoms with Crippen molar-refractivity contribution in [2.45, 2.75) is 44.3 Å². The number of likely N-dealkylation sites (tertiary alicyclic amines) is 1. The van der Waals surface area contributed by atoms with Crippen LogP contribution in [-0.4, -0.2) is 43.3 Å². The molecule has 5 nitrogen and oxygen atoms in total. The number of amides is 1. The normalized spacial score (nSPS) is 18.4. The highest BCUT2D eigenvalue weighted by atomic mass is 16.6. The average molecular weight is 395 g/mol. The molecule has 4 rings (SSSR count). The van der Waals surface area contributed by atoms with Gasteiger partial charge in [-0.25, -0.2) is 4.79 Å². The number of carbonyl (C=O) groups excluding carboxylic acids is 1. The molecular weight excluding hydrogens is 364 g/mol. The minimum Gasteiger partial charge on any atom is -0.490 e. The van der Waals surface area contributed by atoms with Crippen molar-refractivity contribution >= 4 is 6.09 Å². The number of benzene rings is 2. The first-order valence-electron chi connectivity index (χ1n) is 10.7.